The number of rotatable bonds is 2. The van der Waals surface area contributed by atoms with E-state index in [9.17, 15) is 5.11 Å². The Hall–Kier alpha value is -0.980. The van der Waals surface area contributed by atoms with E-state index < -0.39 is 0 Å². The fraction of sp³-hybridized carbons (Fsp3) is 0.400. The molecule has 1 N–H and O–H groups in total. The Balaban J connectivity index is 2.96. The lowest BCUT2D eigenvalue weighted by Gasteiger charge is -2.03. The van der Waals surface area contributed by atoms with Crippen LogP contribution in [0.5, 0.6) is 5.75 Å². The SMILES string of the molecule is CCCc1c[c]cc(C)c1O. The third-order valence-electron chi connectivity index (χ3n) is 1.75. The van der Waals surface area contributed by atoms with E-state index in [1.807, 2.05) is 13.0 Å². The Morgan fingerprint density at radius 3 is 2.82 bits per heavy atom. The molecule has 0 unspecified atom stereocenters. The molecule has 0 saturated heterocycles. The fourth-order valence-electron chi connectivity index (χ4n) is 1.12. The van der Waals surface area contributed by atoms with Crippen molar-refractivity contribution < 1.29 is 5.11 Å². The Bertz CT molecular complexity index is 241. The second-order valence-electron chi connectivity index (χ2n) is 2.76. The molecule has 0 aromatic heterocycles. The van der Waals surface area contributed by atoms with E-state index >= 15 is 0 Å². The van der Waals surface area contributed by atoms with Gasteiger partial charge in [0, 0.05) is 0 Å². The minimum absolute atomic E-state index is 0.436. The Morgan fingerprint density at radius 2 is 2.18 bits per heavy atom. The molecular weight excluding hydrogens is 136 g/mol. The molecule has 0 aliphatic heterocycles. The minimum Gasteiger partial charge on any atom is -0.507 e. The summed E-state index contributed by atoms with van der Waals surface area (Å²) in [6.07, 6.45) is 1.99. The standard InChI is InChI=1S/C10H13O/c1-3-5-9-7-4-6-8(2)10(9)11/h6-7,11H,3,5H2,1-2H3. The lowest BCUT2D eigenvalue weighted by molar-refractivity contribution is 0.463. The molecule has 0 atom stereocenters. The van der Waals surface area contributed by atoms with Gasteiger partial charge in [0.15, 0.2) is 0 Å². The quantitative estimate of drug-likeness (QED) is 0.684. The molecule has 0 fully saturated rings. The zero-order chi connectivity index (χ0) is 8.27. The summed E-state index contributed by atoms with van der Waals surface area (Å²) < 4.78 is 0. The molecule has 1 aromatic rings. The van der Waals surface area contributed by atoms with Gasteiger partial charge in [-0.25, -0.2) is 0 Å². The summed E-state index contributed by atoms with van der Waals surface area (Å²) in [5.74, 6) is 0.436. The van der Waals surface area contributed by atoms with E-state index in [0.717, 1.165) is 24.0 Å². The molecule has 59 valence electrons. The summed E-state index contributed by atoms with van der Waals surface area (Å²) in [7, 11) is 0. The number of hydrogen-bond donors (Lipinski definition) is 1. The van der Waals surface area contributed by atoms with Crippen LogP contribution in [0.25, 0.3) is 0 Å². The van der Waals surface area contributed by atoms with E-state index in [-0.39, 0.29) is 0 Å². The lowest BCUT2D eigenvalue weighted by atomic mass is 10.1. The maximum Gasteiger partial charge on any atom is 0.121 e. The maximum atomic E-state index is 9.51. The van der Waals surface area contributed by atoms with Gasteiger partial charge in [0.25, 0.3) is 0 Å². The van der Waals surface area contributed by atoms with Crippen molar-refractivity contribution in [2.75, 3.05) is 0 Å². The van der Waals surface area contributed by atoms with Crippen LogP contribution in [-0.4, -0.2) is 5.11 Å². The van der Waals surface area contributed by atoms with Gasteiger partial charge in [-0.05, 0) is 42.7 Å². The predicted molar refractivity (Wildman–Crippen MR) is 45.7 cm³/mol. The average molecular weight is 149 g/mol. The van der Waals surface area contributed by atoms with Gasteiger partial charge in [-0.1, -0.05) is 13.3 Å². The molecule has 0 spiro atoms. The summed E-state index contributed by atoms with van der Waals surface area (Å²) in [5.41, 5.74) is 1.92. The molecule has 0 saturated carbocycles. The molecule has 0 bridgehead atoms. The Kier molecular flexibility index (Phi) is 2.53. The molecule has 0 amide bonds. The van der Waals surface area contributed by atoms with Crippen LogP contribution in [0.15, 0.2) is 12.1 Å². The van der Waals surface area contributed by atoms with E-state index in [0.29, 0.717) is 5.75 Å². The number of aryl methyl sites for hydroxylation is 2. The normalized spacial score (nSPS) is 10.0. The van der Waals surface area contributed by atoms with Crippen LogP contribution in [-0.2, 0) is 6.42 Å². The van der Waals surface area contributed by atoms with Crippen LogP contribution in [0, 0.1) is 13.0 Å². The van der Waals surface area contributed by atoms with Crippen molar-refractivity contribution in [2.45, 2.75) is 26.7 Å². The first kappa shape index (κ1) is 8.12. The molecule has 1 aromatic carbocycles. The summed E-state index contributed by atoms with van der Waals surface area (Å²) in [6, 6.07) is 6.65. The van der Waals surface area contributed by atoms with Crippen LogP contribution in [0.4, 0.5) is 0 Å². The van der Waals surface area contributed by atoms with Gasteiger partial charge >= 0.3 is 0 Å². The predicted octanol–water partition coefficient (Wildman–Crippen LogP) is 2.45. The van der Waals surface area contributed by atoms with Gasteiger partial charge in [0.1, 0.15) is 5.75 Å². The molecular formula is C10H13O. The second-order valence-corrected chi connectivity index (χ2v) is 2.76. The van der Waals surface area contributed by atoms with Crippen molar-refractivity contribution in [3.63, 3.8) is 0 Å². The summed E-state index contributed by atoms with van der Waals surface area (Å²) in [5, 5.41) is 9.51. The zero-order valence-electron chi connectivity index (χ0n) is 7.02. The number of phenolic OH excluding ortho intramolecular Hbond substituents is 1. The van der Waals surface area contributed by atoms with E-state index in [1.54, 1.807) is 6.07 Å². The first-order chi connectivity index (χ1) is 5.25. The minimum atomic E-state index is 0.436. The maximum absolute atomic E-state index is 9.51. The summed E-state index contributed by atoms with van der Waals surface area (Å²) in [4.78, 5) is 0. The van der Waals surface area contributed by atoms with Gasteiger partial charge in [-0.2, -0.15) is 0 Å². The van der Waals surface area contributed by atoms with E-state index in [2.05, 4.69) is 13.0 Å². The van der Waals surface area contributed by atoms with E-state index in [4.69, 9.17) is 0 Å². The smallest absolute Gasteiger partial charge is 0.121 e. The van der Waals surface area contributed by atoms with Gasteiger partial charge in [-0.3, -0.25) is 0 Å². The van der Waals surface area contributed by atoms with Crippen molar-refractivity contribution in [1.29, 1.82) is 0 Å². The largest absolute Gasteiger partial charge is 0.507 e. The van der Waals surface area contributed by atoms with Crippen molar-refractivity contribution in [1.82, 2.24) is 0 Å². The van der Waals surface area contributed by atoms with Crippen molar-refractivity contribution in [2.24, 2.45) is 0 Å². The molecule has 0 aliphatic carbocycles. The molecule has 0 heterocycles. The van der Waals surface area contributed by atoms with Gasteiger partial charge < -0.3 is 5.11 Å². The van der Waals surface area contributed by atoms with Crippen LogP contribution >= 0.6 is 0 Å². The number of benzene rings is 1. The highest BCUT2D eigenvalue weighted by molar-refractivity contribution is 5.38. The van der Waals surface area contributed by atoms with Crippen LogP contribution in [0.3, 0.4) is 0 Å². The summed E-state index contributed by atoms with van der Waals surface area (Å²) in [6.45, 7) is 3.99. The molecule has 1 nitrogen and oxygen atoms in total. The van der Waals surface area contributed by atoms with E-state index in [1.165, 1.54) is 0 Å². The molecule has 1 rings (SSSR count). The van der Waals surface area contributed by atoms with Gasteiger partial charge in [0.2, 0.25) is 0 Å². The zero-order valence-corrected chi connectivity index (χ0v) is 7.02. The Labute approximate surface area is 67.7 Å². The lowest BCUT2D eigenvalue weighted by Crippen LogP contribution is -1.85. The molecule has 0 aliphatic rings. The van der Waals surface area contributed by atoms with Crippen LogP contribution in [0.1, 0.15) is 24.5 Å². The van der Waals surface area contributed by atoms with Crippen molar-refractivity contribution in [3.05, 3.63) is 29.3 Å². The fourth-order valence-corrected chi connectivity index (χ4v) is 1.12. The average Bonchev–Trinajstić information content (AvgIpc) is 1.99. The monoisotopic (exact) mass is 149 g/mol. The van der Waals surface area contributed by atoms with Gasteiger partial charge in [0.05, 0.1) is 0 Å². The Morgan fingerprint density at radius 1 is 1.45 bits per heavy atom. The van der Waals surface area contributed by atoms with Crippen molar-refractivity contribution in [3.8, 4) is 5.75 Å². The topological polar surface area (TPSA) is 20.2 Å². The second kappa shape index (κ2) is 3.42. The highest BCUT2D eigenvalue weighted by Gasteiger charge is 2.00. The molecule has 1 heteroatoms. The number of aromatic hydroxyl groups is 1. The van der Waals surface area contributed by atoms with Gasteiger partial charge in [-0.15, -0.1) is 0 Å². The molecule has 11 heavy (non-hydrogen) atoms. The third-order valence-corrected chi connectivity index (χ3v) is 1.75. The van der Waals surface area contributed by atoms with Crippen LogP contribution in [0.2, 0.25) is 0 Å². The highest BCUT2D eigenvalue weighted by Crippen LogP contribution is 2.21. The van der Waals surface area contributed by atoms with Crippen molar-refractivity contribution >= 4 is 0 Å². The highest BCUT2D eigenvalue weighted by atomic mass is 16.3. The number of phenols is 1. The summed E-state index contributed by atoms with van der Waals surface area (Å²) >= 11 is 0. The number of hydrogen-bond acceptors (Lipinski definition) is 1. The first-order valence-corrected chi connectivity index (χ1v) is 3.94. The first-order valence-electron chi connectivity index (χ1n) is 3.94. The van der Waals surface area contributed by atoms with Crippen LogP contribution < -0.4 is 0 Å². The molecule has 1 radical (unpaired) electrons. The third kappa shape index (κ3) is 1.73.